The summed E-state index contributed by atoms with van der Waals surface area (Å²) in [5, 5.41) is 0.704. The highest BCUT2D eigenvalue weighted by atomic mass is 35.5. The van der Waals surface area contributed by atoms with Crippen molar-refractivity contribution in [2.24, 2.45) is 4.99 Å². The average molecular weight is 402 g/mol. The molecular weight excluding hydrogens is 370 g/mol. The number of halogens is 1. The monoisotopic (exact) mass is 401 g/mol. The third kappa shape index (κ3) is 4.50. The van der Waals surface area contributed by atoms with Gasteiger partial charge in [0.15, 0.2) is 0 Å². The average Bonchev–Trinajstić information content (AvgIpc) is 2.86. The van der Waals surface area contributed by atoms with Gasteiger partial charge in [-0.1, -0.05) is 59.1 Å². The van der Waals surface area contributed by atoms with E-state index in [1.165, 1.54) is 0 Å². The number of hydrogen-bond acceptors (Lipinski definition) is 2. The Morgan fingerprint density at radius 1 is 1.00 bits per heavy atom. The van der Waals surface area contributed by atoms with Crippen LogP contribution in [0.4, 0.5) is 0 Å². The first-order valence-electron chi connectivity index (χ1n) is 9.77. The maximum Gasteiger partial charge on any atom is 0.222 e. The first kappa shape index (κ1) is 21.8. The first-order valence-corrected chi connectivity index (χ1v) is 12.4. The van der Waals surface area contributed by atoms with Crippen molar-refractivity contribution in [3.05, 3.63) is 46.7 Å². The van der Waals surface area contributed by atoms with Gasteiger partial charge in [-0.05, 0) is 54.7 Å². The van der Waals surface area contributed by atoms with Gasteiger partial charge in [0.05, 0.1) is 0 Å². The maximum atomic E-state index is 6.08. The van der Waals surface area contributed by atoms with Crippen molar-refractivity contribution >= 4 is 25.6 Å². The largest absolute Gasteiger partial charge is 0.440 e. The zero-order valence-corrected chi connectivity index (χ0v) is 19.6. The molecule has 0 bridgehead atoms. The van der Waals surface area contributed by atoms with Crippen molar-refractivity contribution in [2.75, 3.05) is 0 Å². The zero-order valence-electron chi connectivity index (χ0n) is 17.9. The van der Waals surface area contributed by atoms with Crippen LogP contribution in [-0.2, 0) is 4.74 Å². The standard InChI is InChI=1S/C23H32ClNOSi/c1-16(2)27(17(3)4,18(5)6)15-9-10-21-23(7,8)25-22(26-21)19-11-13-20(24)14-12-19/h10-14,16-18H,1-8H3/b21-10+. The molecule has 1 heterocycles. The summed E-state index contributed by atoms with van der Waals surface area (Å²) in [5.41, 5.74) is 6.08. The Balaban J connectivity index is 2.33. The minimum atomic E-state index is -1.75. The molecule has 0 saturated carbocycles. The summed E-state index contributed by atoms with van der Waals surface area (Å²) in [6, 6.07) is 7.57. The summed E-state index contributed by atoms with van der Waals surface area (Å²) in [5.74, 6) is 4.81. The predicted octanol–water partition coefficient (Wildman–Crippen LogP) is 7.00. The third-order valence-corrected chi connectivity index (χ3v) is 12.2. The van der Waals surface area contributed by atoms with Crippen LogP contribution in [0.5, 0.6) is 0 Å². The van der Waals surface area contributed by atoms with Crippen LogP contribution in [0.25, 0.3) is 0 Å². The molecular formula is C23H32ClNOSi. The van der Waals surface area contributed by atoms with Crippen LogP contribution in [0.3, 0.4) is 0 Å². The summed E-state index contributed by atoms with van der Waals surface area (Å²) in [6.45, 7) is 18.1. The summed E-state index contributed by atoms with van der Waals surface area (Å²) >= 11 is 5.98. The Bertz CT molecular complexity index is 770. The quantitative estimate of drug-likeness (QED) is 0.393. The number of allylic oxidation sites excluding steroid dienone is 1. The van der Waals surface area contributed by atoms with E-state index in [1.54, 1.807) is 0 Å². The van der Waals surface area contributed by atoms with E-state index >= 15 is 0 Å². The number of ether oxygens (including phenoxy) is 1. The van der Waals surface area contributed by atoms with Crippen LogP contribution in [-0.4, -0.2) is 19.5 Å². The summed E-state index contributed by atoms with van der Waals surface area (Å²) in [7, 11) is -1.75. The van der Waals surface area contributed by atoms with Crippen molar-refractivity contribution in [1.29, 1.82) is 0 Å². The molecule has 2 rings (SSSR count). The van der Waals surface area contributed by atoms with Gasteiger partial charge in [0.2, 0.25) is 5.90 Å². The van der Waals surface area contributed by atoms with E-state index in [0.29, 0.717) is 27.5 Å². The minimum Gasteiger partial charge on any atom is -0.440 e. The molecule has 0 spiro atoms. The molecule has 0 N–H and O–H groups in total. The molecule has 0 aromatic heterocycles. The summed E-state index contributed by atoms with van der Waals surface area (Å²) < 4.78 is 6.08. The van der Waals surface area contributed by atoms with E-state index in [9.17, 15) is 0 Å². The highest BCUT2D eigenvalue weighted by Gasteiger charge is 2.41. The van der Waals surface area contributed by atoms with Gasteiger partial charge in [-0.25, -0.2) is 4.99 Å². The molecule has 0 aliphatic carbocycles. The first-order chi connectivity index (χ1) is 12.5. The molecule has 0 radical (unpaired) electrons. The SMILES string of the molecule is CC(C)[Si](C#C/C=C1/OC(c2ccc(Cl)cc2)=NC1(C)C)(C(C)C)C(C)C. The second kappa shape index (κ2) is 8.25. The van der Waals surface area contributed by atoms with Crippen LogP contribution in [0.1, 0.15) is 61.0 Å². The van der Waals surface area contributed by atoms with E-state index in [1.807, 2.05) is 30.3 Å². The third-order valence-electron chi connectivity index (χ3n) is 5.64. The second-order valence-corrected chi connectivity index (χ2v) is 14.8. The number of aliphatic imine (C=N–C) groups is 1. The van der Waals surface area contributed by atoms with Crippen molar-refractivity contribution in [2.45, 2.75) is 77.6 Å². The Hall–Kier alpha value is -1.50. The van der Waals surface area contributed by atoms with Crippen LogP contribution in [0, 0.1) is 11.5 Å². The molecule has 0 unspecified atom stereocenters. The van der Waals surface area contributed by atoms with E-state index in [2.05, 4.69) is 66.9 Å². The normalized spacial score (nSPS) is 17.9. The van der Waals surface area contributed by atoms with Crippen LogP contribution < -0.4 is 0 Å². The summed E-state index contributed by atoms with van der Waals surface area (Å²) in [6.07, 6.45) is 1.93. The Labute approximate surface area is 171 Å². The highest BCUT2D eigenvalue weighted by molar-refractivity contribution is 6.90. The highest BCUT2D eigenvalue weighted by Crippen LogP contribution is 2.40. The Morgan fingerprint density at radius 2 is 1.52 bits per heavy atom. The lowest BCUT2D eigenvalue weighted by Gasteiger charge is -2.38. The van der Waals surface area contributed by atoms with Crippen molar-refractivity contribution in [3.63, 3.8) is 0 Å². The fourth-order valence-electron chi connectivity index (χ4n) is 4.14. The molecule has 0 amide bonds. The molecule has 27 heavy (non-hydrogen) atoms. The van der Waals surface area contributed by atoms with Crippen molar-refractivity contribution < 1.29 is 4.74 Å². The molecule has 1 aliphatic rings. The second-order valence-electron chi connectivity index (χ2n) is 8.76. The van der Waals surface area contributed by atoms with Crippen molar-refractivity contribution in [1.82, 2.24) is 0 Å². The molecule has 1 aliphatic heterocycles. The lowest BCUT2D eigenvalue weighted by Crippen LogP contribution is -2.43. The van der Waals surface area contributed by atoms with E-state index in [-0.39, 0.29) is 0 Å². The van der Waals surface area contributed by atoms with E-state index in [4.69, 9.17) is 21.3 Å². The number of nitrogens with zero attached hydrogens (tertiary/aromatic N) is 1. The lowest BCUT2D eigenvalue weighted by molar-refractivity contribution is 0.382. The molecule has 0 fully saturated rings. The summed E-state index contributed by atoms with van der Waals surface area (Å²) in [4.78, 5) is 4.75. The van der Waals surface area contributed by atoms with Gasteiger partial charge >= 0.3 is 0 Å². The fraction of sp³-hybridized carbons (Fsp3) is 0.522. The molecule has 4 heteroatoms. The minimum absolute atomic E-state index is 0.415. The number of hydrogen-bond donors (Lipinski definition) is 0. The lowest BCUT2D eigenvalue weighted by atomic mass is 10.0. The van der Waals surface area contributed by atoms with Gasteiger partial charge in [-0.2, -0.15) is 0 Å². The topological polar surface area (TPSA) is 21.6 Å². The maximum absolute atomic E-state index is 6.08. The van der Waals surface area contributed by atoms with Gasteiger partial charge in [0.1, 0.15) is 19.4 Å². The van der Waals surface area contributed by atoms with Crippen LogP contribution in [0.2, 0.25) is 21.6 Å². The molecule has 0 saturated heterocycles. The van der Waals surface area contributed by atoms with Crippen LogP contribution in [0.15, 0.2) is 41.1 Å². The molecule has 0 atom stereocenters. The van der Waals surface area contributed by atoms with Crippen LogP contribution >= 0.6 is 11.6 Å². The Kier molecular flexibility index (Phi) is 6.66. The fourth-order valence-corrected chi connectivity index (χ4v) is 9.46. The van der Waals surface area contributed by atoms with Gasteiger partial charge in [-0.3, -0.25) is 0 Å². The Morgan fingerprint density at radius 3 is 2.00 bits per heavy atom. The van der Waals surface area contributed by atoms with Gasteiger partial charge in [-0.15, -0.1) is 5.54 Å². The van der Waals surface area contributed by atoms with Gasteiger partial charge in [0.25, 0.3) is 0 Å². The molecule has 1 aromatic carbocycles. The van der Waals surface area contributed by atoms with E-state index < -0.39 is 13.6 Å². The van der Waals surface area contributed by atoms with Gasteiger partial charge < -0.3 is 4.74 Å². The number of rotatable bonds is 4. The number of benzene rings is 1. The van der Waals surface area contributed by atoms with E-state index in [0.717, 1.165) is 11.3 Å². The van der Waals surface area contributed by atoms with Gasteiger partial charge in [0, 0.05) is 16.7 Å². The molecule has 1 aromatic rings. The molecule has 2 nitrogen and oxygen atoms in total. The molecule has 146 valence electrons. The smallest absolute Gasteiger partial charge is 0.222 e. The zero-order chi connectivity index (χ0) is 20.4. The van der Waals surface area contributed by atoms with Crippen molar-refractivity contribution in [3.8, 4) is 11.5 Å². The predicted molar refractivity (Wildman–Crippen MR) is 120 cm³/mol.